The Kier molecular flexibility index (Phi) is 6.26. The molecule has 0 radical (unpaired) electrons. The van der Waals surface area contributed by atoms with E-state index in [4.69, 9.17) is 5.11 Å². The summed E-state index contributed by atoms with van der Waals surface area (Å²) in [6, 6.07) is 9.71. The Labute approximate surface area is 96.5 Å². The fraction of sp³-hybridized carbons (Fsp3) is 0.462. The summed E-state index contributed by atoms with van der Waals surface area (Å²) in [5.74, 6) is 0.0650. The predicted octanol–water partition coefficient (Wildman–Crippen LogP) is 1.51. The number of nitrogens with one attached hydrogen (secondary N) is 1. The van der Waals surface area contributed by atoms with Crippen LogP contribution in [0.1, 0.15) is 24.8 Å². The lowest BCUT2D eigenvalue weighted by molar-refractivity contribution is -0.120. The highest BCUT2D eigenvalue weighted by atomic mass is 16.2. The van der Waals surface area contributed by atoms with Crippen LogP contribution in [-0.2, 0) is 11.2 Å². The third-order valence-corrected chi connectivity index (χ3v) is 2.36. The summed E-state index contributed by atoms with van der Waals surface area (Å²) in [6.07, 6.45) is 3.15. The molecule has 0 aliphatic rings. The van der Waals surface area contributed by atoms with E-state index in [-0.39, 0.29) is 12.5 Å². The van der Waals surface area contributed by atoms with Gasteiger partial charge in [-0.15, -0.1) is 0 Å². The fourth-order valence-corrected chi connectivity index (χ4v) is 1.49. The first-order valence-corrected chi connectivity index (χ1v) is 5.74. The van der Waals surface area contributed by atoms with Gasteiger partial charge in [0.2, 0.25) is 5.91 Å². The molecule has 1 amide bonds. The largest absolute Gasteiger partial charge is 0.396 e. The van der Waals surface area contributed by atoms with Crippen LogP contribution >= 0.6 is 0 Å². The summed E-state index contributed by atoms with van der Waals surface area (Å²) in [6.45, 7) is 0.934. The van der Waals surface area contributed by atoms with Crippen LogP contribution in [0.15, 0.2) is 30.3 Å². The minimum Gasteiger partial charge on any atom is -0.396 e. The van der Waals surface area contributed by atoms with Crippen molar-refractivity contribution in [3.8, 4) is 0 Å². The van der Waals surface area contributed by atoms with Crippen molar-refractivity contribution >= 4 is 5.91 Å². The number of hydrogen-bond donors (Lipinski definition) is 2. The first-order valence-electron chi connectivity index (χ1n) is 5.74. The van der Waals surface area contributed by atoms with E-state index in [1.807, 2.05) is 30.3 Å². The third-order valence-electron chi connectivity index (χ3n) is 2.36. The molecule has 3 heteroatoms. The molecule has 3 nitrogen and oxygen atoms in total. The smallest absolute Gasteiger partial charge is 0.224 e. The molecule has 1 aromatic rings. The second kappa shape index (κ2) is 7.88. The van der Waals surface area contributed by atoms with Crippen molar-refractivity contribution in [2.24, 2.45) is 0 Å². The molecule has 0 aliphatic carbocycles. The minimum absolute atomic E-state index is 0.0650. The van der Waals surface area contributed by atoms with Gasteiger partial charge in [-0.25, -0.2) is 0 Å². The highest BCUT2D eigenvalue weighted by Crippen LogP contribution is 1.99. The number of aliphatic hydroxyl groups excluding tert-OH is 1. The molecule has 0 unspecified atom stereocenters. The lowest BCUT2D eigenvalue weighted by atomic mass is 10.1. The first kappa shape index (κ1) is 12.7. The van der Waals surface area contributed by atoms with Crippen LogP contribution in [0.5, 0.6) is 0 Å². The van der Waals surface area contributed by atoms with Crippen LogP contribution in [0.3, 0.4) is 0 Å². The third kappa shape index (κ3) is 5.51. The molecule has 0 aliphatic heterocycles. The average Bonchev–Trinajstić information content (AvgIpc) is 2.30. The molecule has 88 valence electrons. The standard InChI is InChI=1S/C13H19NO2/c15-10-6-2-5-9-14-13(16)11-12-7-3-1-4-8-12/h1,3-4,7-8,15H,2,5-6,9-11H2,(H,14,16). The first-order chi connectivity index (χ1) is 7.83. The normalized spacial score (nSPS) is 10.1. The lowest BCUT2D eigenvalue weighted by Crippen LogP contribution is -2.26. The van der Waals surface area contributed by atoms with Crippen molar-refractivity contribution in [2.75, 3.05) is 13.2 Å². The molecule has 0 heterocycles. The van der Waals surface area contributed by atoms with Gasteiger partial charge >= 0.3 is 0 Å². The second-order valence-corrected chi connectivity index (χ2v) is 3.80. The molecule has 1 aromatic carbocycles. The Morgan fingerprint density at radius 3 is 2.56 bits per heavy atom. The number of amides is 1. The number of hydrogen-bond acceptors (Lipinski definition) is 2. The van der Waals surface area contributed by atoms with Gasteiger partial charge in [-0.3, -0.25) is 4.79 Å². The van der Waals surface area contributed by atoms with Gasteiger partial charge in [0.05, 0.1) is 6.42 Å². The molecule has 0 saturated carbocycles. The van der Waals surface area contributed by atoms with E-state index in [9.17, 15) is 4.79 Å². The van der Waals surface area contributed by atoms with E-state index in [2.05, 4.69) is 5.32 Å². The molecule has 2 N–H and O–H groups in total. The Hall–Kier alpha value is -1.35. The Balaban J connectivity index is 2.12. The van der Waals surface area contributed by atoms with Crippen LogP contribution in [0.4, 0.5) is 0 Å². The van der Waals surface area contributed by atoms with Crippen LogP contribution < -0.4 is 5.32 Å². The molecular formula is C13H19NO2. The van der Waals surface area contributed by atoms with Crippen LogP contribution in [0.2, 0.25) is 0 Å². The zero-order valence-corrected chi connectivity index (χ0v) is 9.48. The van der Waals surface area contributed by atoms with Gasteiger partial charge in [-0.1, -0.05) is 30.3 Å². The van der Waals surface area contributed by atoms with E-state index in [0.29, 0.717) is 13.0 Å². The van der Waals surface area contributed by atoms with Gasteiger partial charge in [0.25, 0.3) is 0 Å². The topological polar surface area (TPSA) is 49.3 Å². The van der Waals surface area contributed by atoms with Crippen LogP contribution in [0, 0.1) is 0 Å². The molecule has 0 aromatic heterocycles. The van der Waals surface area contributed by atoms with Gasteiger partial charge < -0.3 is 10.4 Å². The lowest BCUT2D eigenvalue weighted by Gasteiger charge is -2.04. The van der Waals surface area contributed by atoms with Crippen molar-refractivity contribution in [1.82, 2.24) is 5.32 Å². The van der Waals surface area contributed by atoms with Gasteiger partial charge in [-0.2, -0.15) is 0 Å². The Morgan fingerprint density at radius 2 is 1.88 bits per heavy atom. The number of benzene rings is 1. The zero-order chi connectivity index (χ0) is 11.6. The van der Waals surface area contributed by atoms with Crippen molar-refractivity contribution in [2.45, 2.75) is 25.7 Å². The van der Waals surface area contributed by atoms with E-state index < -0.39 is 0 Å². The summed E-state index contributed by atoms with van der Waals surface area (Å²) in [5.41, 5.74) is 1.04. The number of carbonyl (C=O) groups is 1. The number of aliphatic hydroxyl groups is 1. The predicted molar refractivity (Wildman–Crippen MR) is 64.1 cm³/mol. The maximum atomic E-state index is 11.5. The van der Waals surface area contributed by atoms with Crippen molar-refractivity contribution < 1.29 is 9.90 Å². The fourth-order valence-electron chi connectivity index (χ4n) is 1.49. The number of carbonyl (C=O) groups excluding carboxylic acids is 1. The second-order valence-electron chi connectivity index (χ2n) is 3.80. The van der Waals surface area contributed by atoms with Crippen molar-refractivity contribution in [1.29, 1.82) is 0 Å². The molecular weight excluding hydrogens is 202 g/mol. The van der Waals surface area contributed by atoms with Crippen molar-refractivity contribution in [3.63, 3.8) is 0 Å². The van der Waals surface area contributed by atoms with E-state index in [1.54, 1.807) is 0 Å². The van der Waals surface area contributed by atoms with Gasteiger partial charge in [0.1, 0.15) is 0 Å². The zero-order valence-electron chi connectivity index (χ0n) is 9.48. The average molecular weight is 221 g/mol. The maximum absolute atomic E-state index is 11.5. The molecule has 0 saturated heterocycles. The number of rotatable bonds is 7. The van der Waals surface area contributed by atoms with E-state index >= 15 is 0 Å². The van der Waals surface area contributed by atoms with E-state index in [0.717, 1.165) is 24.8 Å². The molecule has 0 atom stereocenters. The van der Waals surface area contributed by atoms with Crippen LogP contribution in [-0.4, -0.2) is 24.2 Å². The molecule has 16 heavy (non-hydrogen) atoms. The highest BCUT2D eigenvalue weighted by Gasteiger charge is 2.01. The quantitative estimate of drug-likeness (QED) is 0.686. The van der Waals surface area contributed by atoms with Gasteiger partial charge in [0.15, 0.2) is 0 Å². The molecule has 0 fully saturated rings. The van der Waals surface area contributed by atoms with Gasteiger partial charge in [-0.05, 0) is 24.8 Å². The summed E-state index contributed by atoms with van der Waals surface area (Å²) in [4.78, 5) is 11.5. The SMILES string of the molecule is O=C(Cc1ccccc1)NCCCCCO. The molecule has 0 bridgehead atoms. The summed E-state index contributed by atoms with van der Waals surface area (Å²) in [7, 11) is 0. The van der Waals surface area contributed by atoms with Crippen molar-refractivity contribution in [3.05, 3.63) is 35.9 Å². The summed E-state index contributed by atoms with van der Waals surface area (Å²) < 4.78 is 0. The summed E-state index contributed by atoms with van der Waals surface area (Å²) in [5, 5.41) is 11.5. The van der Waals surface area contributed by atoms with Crippen LogP contribution in [0.25, 0.3) is 0 Å². The molecule has 0 spiro atoms. The maximum Gasteiger partial charge on any atom is 0.224 e. The molecule has 1 rings (SSSR count). The highest BCUT2D eigenvalue weighted by molar-refractivity contribution is 5.78. The minimum atomic E-state index is 0.0650. The summed E-state index contributed by atoms with van der Waals surface area (Å²) >= 11 is 0. The monoisotopic (exact) mass is 221 g/mol. The van der Waals surface area contributed by atoms with Gasteiger partial charge in [0, 0.05) is 13.2 Å². The Morgan fingerprint density at radius 1 is 1.12 bits per heavy atom. The Bertz CT molecular complexity index is 298. The number of unbranched alkanes of at least 4 members (excludes halogenated alkanes) is 2. The van der Waals surface area contributed by atoms with E-state index in [1.165, 1.54) is 0 Å².